The van der Waals surface area contributed by atoms with Gasteiger partial charge in [0.1, 0.15) is 0 Å². The van der Waals surface area contributed by atoms with Gasteiger partial charge in [-0.15, -0.1) is 0 Å². The zero-order chi connectivity index (χ0) is 13.9. The molecule has 0 unspecified atom stereocenters. The van der Waals surface area contributed by atoms with Crippen molar-refractivity contribution in [1.29, 1.82) is 0 Å². The van der Waals surface area contributed by atoms with Gasteiger partial charge in [0.15, 0.2) is 8.32 Å². The highest BCUT2D eigenvalue weighted by atomic mass is 28.4. The molecular weight excluding hydrogens is 228 g/mol. The molecule has 0 aromatic rings. The summed E-state index contributed by atoms with van der Waals surface area (Å²) >= 11 is 0. The molecule has 0 aliphatic carbocycles. The summed E-state index contributed by atoms with van der Waals surface area (Å²) in [5, 5.41) is 9.61. The second-order valence-corrected chi connectivity index (χ2v) is 11.6. The Bertz CT molecular complexity index is 211. The Labute approximate surface area is 109 Å². The van der Waals surface area contributed by atoms with Crippen molar-refractivity contribution >= 4 is 8.32 Å². The lowest BCUT2D eigenvalue weighted by Gasteiger charge is -2.42. The van der Waals surface area contributed by atoms with E-state index in [1.807, 2.05) is 0 Å². The Morgan fingerprint density at radius 1 is 1.12 bits per heavy atom. The van der Waals surface area contributed by atoms with Gasteiger partial charge in [-0.3, -0.25) is 0 Å². The van der Waals surface area contributed by atoms with Gasteiger partial charge in [-0.25, -0.2) is 0 Å². The van der Waals surface area contributed by atoms with Gasteiger partial charge in [0.2, 0.25) is 0 Å². The summed E-state index contributed by atoms with van der Waals surface area (Å²) in [7, 11) is -1.74. The summed E-state index contributed by atoms with van der Waals surface area (Å²) in [5.74, 6) is 0.727. The van der Waals surface area contributed by atoms with Gasteiger partial charge < -0.3 is 9.53 Å². The van der Waals surface area contributed by atoms with Crippen LogP contribution in [0.15, 0.2) is 0 Å². The third-order valence-corrected chi connectivity index (χ3v) is 8.76. The third kappa shape index (κ3) is 4.72. The maximum absolute atomic E-state index is 9.38. The van der Waals surface area contributed by atoms with Crippen LogP contribution in [0.5, 0.6) is 0 Å². The molecule has 0 amide bonds. The number of hydrogen-bond acceptors (Lipinski definition) is 2. The minimum atomic E-state index is -1.74. The predicted octanol–water partition coefficient (Wildman–Crippen LogP) is 4.05. The van der Waals surface area contributed by atoms with Crippen LogP contribution in [0, 0.1) is 11.8 Å². The van der Waals surface area contributed by atoms with Gasteiger partial charge in [-0.2, -0.15) is 0 Å². The van der Waals surface area contributed by atoms with Crippen LogP contribution < -0.4 is 0 Å². The quantitative estimate of drug-likeness (QED) is 0.730. The molecule has 0 aromatic heterocycles. The molecule has 0 aromatic carbocycles. The molecule has 1 N–H and O–H groups in total. The highest BCUT2D eigenvalue weighted by molar-refractivity contribution is 6.74. The van der Waals surface area contributed by atoms with Gasteiger partial charge in [0.25, 0.3) is 0 Å². The van der Waals surface area contributed by atoms with Crippen LogP contribution in [-0.4, -0.2) is 26.1 Å². The monoisotopic (exact) mass is 260 g/mol. The van der Waals surface area contributed by atoms with Crippen molar-refractivity contribution in [3.8, 4) is 0 Å². The summed E-state index contributed by atoms with van der Waals surface area (Å²) in [6.45, 7) is 18.1. The van der Waals surface area contributed by atoms with E-state index in [1.165, 1.54) is 0 Å². The van der Waals surface area contributed by atoms with Crippen LogP contribution >= 0.6 is 0 Å². The van der Waals surface area contributed by atoms with E-state index in [4.69, 9.17) is 4.43 Å². The number of aliphatic hydroxyl groups excluding tert-OH is 1. The zero-order valence-corrected chi connectivity index (χ0v) is 14.0. The topological polar surface area (TPSA) is 29.5 Å². The van der Waals surface area contributed by atoms with Crippen LogP contribution in [0.4, 0.5) is 0 Å². The molecule has 2 nitrogen and oxygen atoms in total. The fourth-order valence-electron chi connectivity index (χ4n) is 1.65. The Morgan fingerprint density at radius 3 is 1.88 bits per heavy atom. The molecular formula is C14H32O2Si. The van der Waals surface area contributed by atoms with Crippen molar-refractivity contribution in [2.24, 2.45) is 11.8 Å². The van der Waals surface area contributed by atoms with Crippen molar-refractivity contribution in [1.82, 2.24) is 0 Å². The molecule has 0 heterocycles. The van der Waals surface area contributed by atoms with E-state index in [9.17, 15) is 5.11 Å². The van der Waals surface area contributed by atoms with E-state index in [1.54, 1.807) is 0 Å². The van der Waals surface area contributed by atoms with Crippen LogP contribution in [0.25, 0.3) is 0 Å². The van der Waals surface area contributed by atoms with Crippen molar-refractivity contribution in [3.63, 3.8) is 0 Å². The van der Waals surface area contributed by atoms with E-state index in [0.717, 1.165) is 6.42 Å². The second kappa shape index (κ2) is 6.35. The zero-order valence-electron chi connectivity index (χ0n) is 13.0. The molecule has 0 aliphatic rings. The number of hydrogen-bond donors (Lipinski definition) is 1. The molecule has 0 spiro atoms. The molecule has 0 radical (unpaired) electrons. The lowest BCUT2D eigenvalue weighted by atomic mass is 9.92. The maximum Gasteiger partial charge on any atom is 0.192 e. The van der Waals surface area contributed by atoms with Gasteiger partial charge in [0.05, 0.1) is 6.10 Å². The fraction of sp³-hybridized carbons (Fsp3) is 1.00. The van der Waals surface area contributed by atoms with Crippen molar-refractivity contribution in [2.75, 3.05) is 6.61 Å². The van der Waals surface area contributed by atoms with Gasteiger partial charge in [-0.1, -0.05) is 48.0 Å². The average Bonchev–Trinajstić information content (AvgIpc) is 2.22. The van der Waals surface area contributed by atoms with Gasteiger partial charge in [0, 0.05) is 12.5 Å². The Kier molecular flexibility index (Phi) is 6.40. The van der Waals surface area contributed by atoms with E-state index in [2.05, 4.69) is 54.6 Å². The molecule has 0 saturated heterocycles. The van der Waals surface area contributed by atoms with Crippen LogP contribution in [-0.2, 0) is 4.43 Å². The Balaban J connectivity index is 4.87. The highest BCUT2D eigenvalue weighted by Crippen LogP contribution is 2.39. The fourth-order valence-corrected chi connectivity index (χ4v) is 3.14. The van der Waals surface area contributed by atoms with E-state index in [-0.39, 0.29) is 23.7 Å². The first-order valence-corrected chi connectivity index (χ1v) is 9.76. The average molecular weight is 260 g/mol. The van der Waals surface area contributed by atoms with Gasteiger partial charge >= 0.3 is 0 Å². The minimum Gasteiger partial charge on any atom is -0.413 e. The van der Waals surface area contributed by atoms with Crippen molar-refractivity contribution < 1.29 is 9.53 Å². The summed E-state index contributed by atoms with van der Waals surface area (Å²) < 4.78 is 6.49. The summed E-state index contributed by atoms with van der Waals surface area (Å²) in [5.41, 5.74) is 0. The number of rotatable bonds is 6. The van der Waals surface area contributed by atoms with Crippen molar-refractivity contribution in [3.05, 3.63) is 0 Å². The molecule has 3 heteroatoms. The third-order valence-electron chi connectivity index (χ3n) is 4.29. The molecule has 3 atom stereocenters. The predicted molar refractivity (Wildman–Crippen MR) is 77.8 cm³/mol. The first-order chi connectivity index (χ1) is 7.56. The Morgan fingerprint density at radius 2 is 1.59 bits per heavy atom. The molecule has 0 fully saturated rings. The van der Waals surface area contributed by atoms with E-state index in [0.29, 0.717) is 5.92 Å². The smallest absolute Gasteiger partial charge is 0.192 e. The summed E-state index contributed by atoms with van der Waals surface area (Å²) in [4.78, 5) is 0. The molecule has 0 bridgehead atoms. The molecule has 17 heavy (non-hydrogen) atoms. The van der Waals surface area contributed by atoms with E-state index < -0.39 is 8.32 Å². The lowest BCUT2D eigenvalue weighted by Crippen LogP contribution is -2.47. The lowest BCUT2D eigenvalue weighted by molar-refractivity contribution is 0.0445. The molecule has 0 aliphatic heterocycles. The van der Waals surface area contributed by atoms with E-state index >= 15 is 0 Å². The van der Waals surface area contributed by atoms with Crippen LogP contribution in [0.2, 0.25) is 18.1 Å². The van der Waals surface area contributed by atoms with Crippen molar-refractivity contribution in [2.45, 2.75) is 72.2 Å². The van der Waals surface area contributed by atoms with Crippen LogP contribution in [0.1, 0.15) is 48.0 Å². The standard InChI is InChI=1S/C14H32O2Si/c1-9-11(2)13(12(3)10-15)16-17(7,8)14(4,5)6/h11-13,15H,9-10H2,1-8H3/t11-,12-,13-/m1/s1. The highest BCUT2D eigenvalue weighted by Gasteiger charge is 2.41. The van der Waals surface area contributed by atoms with Crippen LogP contribution in [0.3, 0.4) is 0 Å². The first kappa shape index (κ1) is 17.1. The largest absolute Gasteiger partial charge is 0.413 e. The second-order valence-electron chi connectivity index (χ2n) is 6.89. The van der Waals surface area contributed by atoms with Gasteiger partial charge in [-0.05, 0) is 24.1 Å². The molecule has 0 saturated carbocycles. The molecule has 0 rings (SSSR count). The SMILES string of the molecule is CC[C@@H](C)[C@@H](O[Si](C)(C)C(C)(C)C)[C@H](C)CO. The summed E-state index contributed by atoms with van der Waals surface area (Å²) in [6, 6.07) is 0. The Hall–Kier alpha value is 0.137. The first-order valence-electron chi connectivity index (χ1n) is 6.85. The minimum absolute atomic E-state index is 0.186. The number of aliphatic hydroxyl groups is 1. The summed E-state index contributed by atoms with van der Waals surface area (Å²) in [6.07, 6.45) is 1.29. The maximum atomic E-state index is 9.38. The normalized spacial score (nSPS) is 18.9. The molecule has 104 valence electrons.